The largest absolute Gasteiger partial charge is 0.494 e. The van der Waals surface area contributed by atoms with E-state index in [1.165, 1.54) is 14.2 Å². The summed E-state index contributed by atoms with van der Waals surface area (Å²) in [6, 6.07) is 14.1. The van der Waals surface area contributed by atoms with Crippen LogP contribution in [0, 0.1) is 0 Å². The number of benzene rings is 2. The first kappa shape index (κ1) is 70.3. The highest BCUT2D eigenvalue weighted by Crippen LogP contribution is 2.14. The number of nitrogens with zero attached hydrogens (tertiary/aromatic N) is 5. The van der Waals surface area contributed by atoms with Gasteiger partial charge in [0.1, 0.15) is 11.5 Å². The molecule has 464 valence electrons. The molecule has 0 aromatic heterocycles. The van der Waals surface area contributed by atoms with Crippen molar-refractivity contribution >= 4 is 27.9 Å². The van der Waals surface area contributed by atoms with Crippen molar-refractivity contribution in [2.24, 2.45) is 0 Å². The van der Waals surface area contributed by atoms with Crippen LogP contribution in [0.1, 0.15) is 33.6 Å². The topological polar surface area (TPSA) is 220 Å². The first-order valence-corrected chi connectivity index (χ1v) is 31.7. The molecule has 0 aliphatic carbocycles. The van der Waals surface area contributed by atoms with E-state index in [-0.39, 0.29) is 11.9 Å². The third kappa shape index (κ3) is 36.3. The van der Waals surface area contributed by atoms with Gasteiger partial charge in [-0.25, -0.2) is 9.59 Å². The quantitative estimate of drug-likeness (QED) is 0.0733. The number of carbonyl (C=O) groups is 2. The van der Waals surface area contributed by atoms with Crippen LogP contribution in [0.4, 0.5) is 0 Å². The normalized spacial score (nSPS) is 23.5. The smallest absolute Gasteiger partial charge is 0.337 e. The number of methoxy groups -OCH3 is 2. The Labute approximate surface area is 496 Å². The van der Waals surface area contributed by atoms with Gasteiger partial charge in [0, 0.05) is 247 Å². The minimum atomic E-state index is -0.331. The third-order valence-electron chi connectivity index (χ3n) is 14.4. The summed E-state index contributed by atoms with van der Waals surface area (Å²) in [5.41, 5.74) is 1.07. The molecule has 2 aromatic rings. The summed E-state index contributed by atoms with van der Waals surface area (Å²) in [6.45, 7) is 40.3. The number of carbonyl (C=O) groups excluding carboxylic acids is 2. The second-order valence-corrected chi connectivity index (χ2v) is 21.4. The number of hydrogen-bond acceptors (Lipinski definition) is 22. The third-order valence-corrected chi connectivity index (χ3v) is 14.9. The van der Waals surface area contributed by atoms with Gasteiger partial charge in [0.2, 0.25) is 0 Å². The van der Waals surface area contributed by atoms with Gasteiger partial charge in [-0.1, -0.05) is 15.9 Å². The van der Waals surface area contributed by atoms with E-state index in [1.807, 2.05) is 12.1 Å². The molecule has 8 rings (SSSR count). The van der Waals surface area contributed by atoms with Crippen LogP contribution < -0.4 is 68.0 Å². The summed E-state index contributed by atoms with van der Waals surface area (Å²) in [7, 11) is 2.76. The van der Waals surface area contributed by atoms with E-state index in [9.17, 15) is 9.59 Å². The minimum Gasteiger partial charge on any atom is -0.494 e. The Morgan fingerprint density at radius 1 is 0.358 bits per heavy atom. The predicted octanol–water partition coefficient (Wildman–Crippen LogP) is -1.08. The molecule has 6 saturated heterocycles. The van der Waals surface area contributed by atoms with Gasteiger partial charge in [-0.3, -0.25) is 19.6 Å². The van der Waals surface area contributed by atoms with Crippen molar-refractivity contribution in [1.82, 2.24) is 83.0 Å². The van der Waals surface area contributed by atoms with E-state index >= 15 is 0 Å². The fraction of sp³-hybridized carbons (Fsp3) is 0.759. The lowest BCUT2D eigenvalue weighted by atomic mass is 10.2. The molecule has 0 spiro atoms. The molecule has 11 N–H and O–H groups in total. The number of halogens is 1. The maximum Gasteiger partial charge on any atom is 0.337 e. The Hall–Kier alpha value is -3.18. The number of ether oxygens (including phenoxy) is 4. The second-order valence-electron chi connectivity index (χ2n) is 20.6. The highest BCUT2D eigenvalue weighted by Gasteiger charge is 2.13. The Bertz CT molecular complexity index is 1710. The fourth-order valence-electron chi connectivity index (χ4n) is 9.40. The molecule has 4 bridgehead atoms. The van der Waals surface area contributed by atoms with Crippen molar-refractivity contribution < 1.29 is 28.5 Å². The molecule has 0 radical (unpaired) electrons. The van der Waals surface area contributed by atoms with Crippen LogP contribution in [0.2, 0.25) is 0 Å². The lowest BCUT2D eigenvalue weighted by molar-refractivity contribution is 0.0591. The molecule has 2 aromatic carbocycles. The standard InChI is InChI=1S/C29H54N8O3.C18H42N8.C11H13BrO3/c1-39-29(38)27-3-5-28(6-4-27)40-26-2-17-35-18-15-34-16-21-36-19-11-30-7-9-32-13-22-37(25-24-35)23-14-33-10-8-31-12-20-36;1-2-20-8-14-26-17-11-23-5-3-21-9-15-25(13-7-19-1)16-10-22-4-6-24-12-18-26;1-14-11(13)9-3-5-10(6-4-9)15-8-2-7-12/h3-6,30-34H,2,7-26H2,1H3;19-24H,1-18H2;3-6H,2,7-8H2,1H3. The van der Waals surface area contributed by atoms with Crippen molar-refractivity contribution in [1.29, 1.82) is 0 Å². The minimum absolute atomic E-state index is 0.329. The van der Waals surface area contributed by atoms with Gasteiger partial charge in [0.05, 0.1) is 38.6 Å². The van der Waals surface area contributed by atoms with E-state index in [2.05, 4.69) is 104 Å². The molecule has 0 atom stereocenters. The monoisotopic (exact) mass is 1200 g/mol. The van der Waals surface area contributed by atoms with E-state index in [4.69, 9.17) is 14.2 Å². The van der Waals surface area contributed by atoms with Crippen LogP contribution in [-0.4, -0.2) is 311 Å². The summed E-state index contributed by atoms with van der Waals surface area (Å²) >= 11 is 3.32. The average Bonchev–Trinajstić information content (AvgIpc) is 3.50. The molecule has 23 heteroatoms. The van der Waals surface area contributed by atoms with Crippen LogP contribution in [0.5, 0.6) is 11.5 Å². The summed E-state index contributed by atoms with van der Waals surface area (Å²) in [6.07, 6.45) is 1.91. The number of nitrogens with one attached hydrogen (secondary N) is 11. The molecule has 6 aliphatic rings. The first-order chi connectivity index (χ1) is 40.0. The van der Waals surface area contributed by atoms with Crippen molar-refractivity contribution in [3.05, 3.63) is 59.7 Å². The Kier molecular flexibility index (Phi) is 42.6. The van der Waals surface area contributed by atoms with E-state index < -0.39 is 0 Å². The Morgan fingerprint density at radius 3 is 0.901 bits per heavy atom. The zero-order valence-corrected chi connectivity index (χ0v) is 51.5. The number of alkyl halides is 1. The molecule has 6 fully saturated rings. The molecule has 81 heavy (non-hydrogen) atoms. The number of fused-ring (bicyclic) bond motifs is 42. The predicted molar refractivity (Wildman–Crippen MR) is 333 cm³/mol. The molecular weight excluding hydrogens is 1100 g/mol. The molecule has 6 aliphatic heterocycles. The SMILES string of the molecule is C1CNCCN2CCNCCNCCN(CCN1)CCNCCNCC2.COC(=O)c1ccc(OCCCBr)cc1.COC(=O)c1ccc(OCCCN2CCNCCN3CCNCCNCCN(CCNCCNCC3)CC2)cc1. The lowest BCUT2D eigenvalue weighted by Gasteiger charge is -2.29. The number of esters is 2. The van der Waals surface area contributed by atoms with Crippen LogP contribution >= 0.6 is 15.9 Å². The fourth-order valence-corrected chi connectivity index (χ4v) is 9.63. The van der Waals surface area contributed by atoms with Crippen LogP contribution in [0.25, 0.3) is 0 Å². The maximum absolute atomic E-state index is 11.6. The molecule has 0 saturated carbocycles. The highest BCUT2D eigenvalue weighted by atomic mass is 79.9. The van der Waals surface area contributed by atoms with Crippen molar-refractivity contribution in [3.8, 4) is 11.5 Å². The van der Waals surface area contributed by atoms with Gasteiger partial charge >= 0.3 is 11.9 Å². The number of rotatable bonds is 11. The Balaban J connectivity index is 0.000000293. The molecule has 0 unspecified atom stereocenters. The Morgan fingerprint density at radius 2 is 0.617 bits per heavy atom. The van der Waals surface area contributed by atoms with Crippen molar-refractivity contribution in [2.45, 2.75) is 12.8 Å². The summed E-state index contributed by atoms with van der Waals surface area (Å²) in [5, 5.41) is 40.6. The first-order valence-electron chi connectivity index (χ1n) is 30.6. The van der Waals surface area contributed by atoms with Gasteiger partial charge in [-0.15, -0.1) is 0 Å². The van der Waals surface area contributed by atoms with Gasteiger partial charge in [-0.05, 0) is 61.4 Å². The zero-order chi connectivity index (χ0) is 57.3. The van der Waals surface area contributed by atoms with Crippen molar-refractivity contribution in [2.75, 3.05) is 275 Å². The van der Waals surface area contributed by atoms with E-state index in [1.54, 1.807) is 36.4 Å². The summed E-state index contributed by atoms with van der Waals surface area (Å²) in [4.78, 5) is 35.6. The second kappa shape index (κ2) is 49.1. The molecule has 0 amide bonds. The van der Waals surface area contributed by atoms with Gasteiger partial charge in [0.25, 0.3) is 0 Å². The molecular formula is C58H109BrN16O6. The highest BCUT2D eigenvalue weighted by molar-refractivity contribution is 9.09. The van der Waals surface area contributed by atoms with Gasteiger partial charge in [-0.2, -0.15) is 0 Å². The van der Waals surface area contributed by atoms with Crippen LogP contribution in [0.3, 0.4) is 0 Å². The van der Waals surface area contributed by atoms with Crippen molar-refractivity contribution in [3.63, 3.8) is 0 Å². The van der Waals surface area contributed by atoms with Crippen LogP contribution in [-0.2, 0) is 9.47 Å². The maximum atomic E-state index is 11.6. The van der Waals surface area contributed by atoms with Gasteiger partial charge in [0.15, 0.2) is 0 Å². The summed E-state index contributed by atoms with van der Waals surface area (Å²) in [5.74, 6) is 0.888. The average molecular weight is 1210 g/mol. The molecule has 6 heterocycles. The van der Waals surface area contributed by atoms with E-state index in [0.717, 1.165) is 272 Å². The lowest BCUT2D eigenvalue weighted by Crippen LogP contribution is -2.46. The number of hydrogen-bond donors (Lipinski definition) is 11. The van der Waals surface area contributed by atoms with Crippen LogP contribution in [0.15, 0.2) is 48.5 Å². The molecule has 22 nitrogen and oxygen atoms in total. The van der Waals surface area contributed by atoms with Gasteiger partial charge < -0.3 is 82.3 Å². The zero-order valence-electron chi connectivity index (χ0n) is 49.9. The van der Waals surface area contributed by atoms with E-state index in [0.29, 0.717) is 24.3 Å². The summed E-state index contributed by atoms with van der Waals surface area (Å²) < 4.78 is 20.8.